The third kappa shape index (κ3) is 2.21. The van der Waals surface area contributed by atoms with Crippen LogP contribution in [0.4, 0.5) is 11.4 Å². The molecule has 0 atom stereocenters. The molecule has 0 radical (unpaired) electrons. The average Bonchev–Trinajstić information content (AvgIpc) is 2.53. The number of nitrogens with two attached hydrogens (primary N) is 1. The maximum absolute atomic E-state index is 5.71. The van der Waals surface area contributed by atoms with Crippen LogP contribution in [-0.2, 0) is 6.54 Å². The van der Waals surface area contributed by atoms with E-state index >= 15 is 0 Å². The maximum Gasteiger partial charge on any atom is 0.0950 e. The lowest BCUT2D eigenvalue weighted by atomic mass is 10.1. The van der Waals surface area contributed by atoms with E-state index < -0.39 is 0 Å². The first-order valence-electron chi connectivity index (χ1n) is 6.53. The lowest BCUT2D eigenvalue weighted by Crippen LogP contribution is -2.11. The van der Waals surface area contributed by atoms with Gasteiger partial charge in [0.05, 0.1) is 17.4 Å². The quantitative estimate of drug-likeness (QED) is 0.790. The van der Waals surface area contributed by atoms with Crippen LogP contribution in [-0.4, -0.2) is 17.2 Å². The fourth-order valence-electron chi connectivity index (χ4n) is 2.29. The zero-order valence-electron chi connectivity index (χ0n) is 11.3. The van der Waals surface area contributed by atoms with Crippen molar-refractivity contribution in [2.24, 2.45) is 5.73 Å². The molecule has 4 heteroatoms. The summed E-state index contributed by atoms with van der Waals surface area (Å²) in [5.74, 6) is 0. The van der Waals surface area contributed by atoms with Gasteiger partial charge in [-0.05, 0) is 23.8 Å². The van der Waals surface area contributed by atoms with Gasteiger partial charge in [-0.2, -0.15) is 10.2 Å². The average molecular weight is 264 g/mol. The highest BCUT2D eigenvalue weighted by Gasteiger charge is 2.09. The molecule has 100 valence electrons. The molecule has 0 fully saturated rings. The molecule has 0 spiro atoms. The molecule has 0 amide bonds. The predicted octanol–water partition coefficient (Wildman–Crippen LogP) is 2.86. The van der Waals surface area contributed by atoms with Gasteiger partial charge in [0.25, 0.3) is 0 Å². The normalized spacial score (nSPS) is 10.7. The smallest absolute Gasteiger partial charge is 0.0950 e. The van der Waals surface area contributed by atoms with Crippen LogP contribution in [0.5, 0.6) is 0 Å². The highest BCUT2D eigenvalue weighted by Crippen LogP contribution is 2.29. The van der Waals surface area contributed by atoms with Gasteiger partial charge in [0, 0.05) is 24.7 Å². The van der Waals surface area contributed by atoms with Crippen molar-refractivity contribution < 1.29 is 0 Å². The molecule has 0 unspecified atom stereocenters. The van der Waals surface area contributed by atoms with Crippen molar-refractivity contribution >= 4 is 22.3 Å². The largest absolute Gasteiger partial charge is 0.343 e. The number of nitrogens with zero attached hydrogens (tertiary/aromatic N) is 3. The van der Waals surface area contributed by atoms with Crippen molar-refractivity contribution in [3.8, 4) is 0 Å². The van der Waals surface area contributed by atoms with Crippen LogP contribution in [0.1, 0.15) is 5.56 Å². The Morgan fingerprint density at radius 1 is 1.10 bits per heavy atom. The molecule has 20 heavy (non-hydrogen) atoms. The molecule has 0 aliphatic heterocycles. The first-order valence-corrected chi connectivity index (χ1v) is 6.53. The van der Waals surface area contributed by atoms with Gasteiger partial charge in [-0.1, -0.05) is 30.3 Å². The lowest BCUT2D eigenvalue weighted by molar-refractivity contribution is 1.05. The van der Waals surface area contributed by atoms with Crippen molar-refractivity contribution in [1.29, 1.82) is 0 Å². The molecule has 3 rings (SSSR count). The Bertz CT molecular complexity index is 734. The summed E-state index contributed by atoms with van der Waals surface area (Å²) in [7, 11) is 2.03. The molecular weight excluding hydrogens is 248 g/mol. The molecule has 0 saturated carbocycles. The van der Waals surface area contributed by atoms with Crippen LogP contribution in [0.2, 0.25) is 0 Å². The van der Waals surface area contributed by atoms with Crippen molar-refractivity contribution in [2.45, 2.75) is 6.54 Å². The molecule has 1 aromatic heterocycles. The summed E-state index contributed by atoms with van der Waals surface area (Å²) < 4.78 is 0. The van der Waals surface area contributed by atoms with Gasteiger partial charge in [-0.15, -0.1) is 0 Å². The molecule has 4 nitrogen and oxygen atoms in total. The van der Waals surface area contributed by atoms with E-state index in [-0.39, 0.29) is 0 Å². The molecule has 1 heterocycles. The second kappa shape index (κ2) is 5.27. The topological polar surface area (TPSA) is 55.0 Å². The third-order valence-electron chi connectivity index (χ3n) is 3.42. The summed E-state index contributed by atoms with van der Waals surface area (Å²) in [4.78, 5) is 2.11. The minimum Gasteiger partial charge on any atom is -0.343 e. The summed E-state index contributed by atoms with van der Waals surface area (Å²) in [5.41, 5.74) is 9.84. The zero-order valence-corrected chi connectivity index (χ0v) is 11.3. The van der Waals surface area contributed by atoms with Gasteiger partial charge in [0.15, 0.2) is 0 Å². The Balaban J connectivity index is 2.10. The SMILES string of the molecule is CN(c1cccc(CN)c1)c1cnnc2ccccc12. The van der Waals surface area contributed by atoms with E-state index in [1.54, 1.807) is 6.20 Å². The summed E-state index contributed by atoms with van der Waals surface area (Å²) in [5, 5.41) is 9.33. The van der Waals surface area contributed by atoms with Crippen molar-refractivity contribution in [1.82, 2.24) is 10.2 Å². The number of anilines is 2. The predicted molar refractivity (Wildman–Crippen MR) is 81.9 cm³/mol. The summed E-state index contributed by atoms with van der Waals surface area (Å²) in [6, 6.07) is 16.2. The van der Waals surface area contributed by atoms with E-state index in [0.29, 0.717) is 6.54 Å². The Hall–Kier alpha value is -2.46. The van der Waals surface area contributed by atoms with Gasteiger partial charge >= 0.3 is 0 Å². The van der Waals surface area contributed by atoms with Crippen molar-refractivity contribution in [3.05, 3.63) is 60.3 Å². The first-order chi connectivity index (χ1) is 9.79. The second-order valence-corrected chi connectivity index (χ2v) is 4.68. The molecule has 2 aromatic carbocycles. The van der Waals surface area contributed by atoms with Crippen LogP contribution in [0.25, 0.3) is 10.9 Å². The Morgan fingerprint density at radius 3 is 2.80 bits per heavy atom. The lowest BCUT2D eigenvalue weighted by Gasteiger charge is -2.21. The van der Waals surface area contributed by atoms with E-state index in [9.17, 15) is 0 Å². The van der Waals surface area contributed by atoms with Gasteiger partial charge in [0.2, 0.25) is 0 Å². The number of aromatic nitrogens is 2. The van der Waals surface area contributed by atoms with Crippen LogP contribution >= 0.6 is 0 Å². The van der Waals surface area contributed by atoms with Gasteiger partial charge < -0.3 is 10.6 Å². The van der Waals surface area contributed by atoms with Crippen molar-refractivity contribution in [3.63, 3.8) is 0 Å². The Labute approximate surface area is 117 Å². The molecule has 0 bridgehead atoms. The van der Waals surface area contributed by atoms with Crippen LogP contribution in [0, 0.1) is 0 Å². The molecule has 0 aliphatic rings. The molecule has 2 N–H and O–H groups in total. The number of fused-ring (bicyclic) bond motifs is 1. The number of hydrogen-bond acceptors (Lipinski definition) is 4. The molecule has 3 aromatic rings. The van der Waals surface area contributed by atoms with E-state index in [2.05, 4.69) is 33.3 Å². The molecule has 0 saturated heterocycles. The summed E-state index contributed by atoms with van der Waals surface area (Å²) in [6.07, 6.45) is 1.79. The van der Waals surface area contributed by atoms with E-state index in [4.69, 9.17) is 5.73 Å². The monoisotopic (exact) mass is 264 g/mol. The van der Waals surface area contributed by atoms with Crippen LogP contribution in [0.3, 0.4) is 0 Å². The first kappa shape index (κ1) is 12.6. The van der Waals surface area contributed by atoms with E-state index in [1.165, 1.54) is 0 Å². The van der Waals surface area contributed by atoms with Gasteiger partial charge in [0.1, 0.15) is 0 Å². The number of hydrogen-bond donors (Lipinski definition) is 1. The van der Waals surface area contributed by atoms with Gasteiger partial charge in [-0.25, -0.2) is 0 Å². The highest BCUT2D eigenvalue weighted by molar-refractivity contribution is 5.92. The van der Waals surface area contributed by atoms with Crippen LogP contribution < -0.4 is 10.6 Å². The third-order valence-corrected chi connectivity index (χ3v) is 3.42. The highest BCUT2D eigenvalue weighted by atomic mass is 15.2. The summed E-state index contributed by atoms with van der Waals surface area (Å²) >= 11 is 0. The van der Waals surface area contributed by atoms with E-state index in [1.807, 2.05) is 37.4 Å². The fraction of sp³-hybridized carbons (Fsp3) is 0.125. The number of benzene rings is 2. The zero-order chi connectivity index (χ0) is 13.9. The fourth-order valence-corrected chi connectivity index (χ4v) is 2.29. The maximum atomic E-state index is 5.71. The van der Waals surface area contributed by atoms with Crippen molar-refractivity contribution in [2.75, 3.05) is 11.9 Å². The molecular formula is C16H16N4. The Kier molecular flexibility index (Phi) is 3.31. The second-order valence-electron chi connectivity index (χ2n) is 4.68. The molecule has 0 aliphatic carbocycles. The van der Waals surface area contributed by atoms with E-state index in [0.717, 1.165) is 27.8 Å². The minimum absolute atomic E-state index is 0.539. The van der Waals surface area contributed by atoms with Crippen LogP contribution in [0.15, 0.2) is 54.7 Å². The number of rotatable bonds is 3. The standard InChI is InChI=1S/C16H16N4/c1-20(13-6-4-5-12(9-13)10-17)16-11-18-19-15-8-3-2-7-14(15)16/h2-9,11H,10,17H2,1H3. The Morgan fingerprint density at radius 2 is 1.95 bits per heavy atom. The summed E-state index contributed by atoms with van der Waals surface area (Å²) in [6.45, 7) is 0.539. The minimum atomic E-state index is 0.539. The van der Waals surface area contributed by atoms with Gasteiger partial charge in [-0.3, -0.25) is 0 Å².